The highest BCUT2D eigenvalue weighted by molar-refractivity contribution is 5.94. The van der Waals surface area contributed by atoms with Crippen molar-refractivity contribution in [1.82, 2.24) is 5.32 Å². The largest absolute Gasteiger partial charge is 0.435 e. The molecule has 0 spiro atoms. The minimum atomic E-state index is -2.91. The Labute approximate surface area is 137 Å². The first-order chi connectivity index (χ1) is 11.4. The number of carbonyl (C=O) groups excluding carboxylic acids is 1. The van der Waals surface area contributed by atoms with E-state index >= 15 is 0 Å². The Hall–Kier alpha value is -3.03. The van der Waals surface area contributed by atoms with Crippen LogP contribution in [0.3, 0.4) is 0 Å². The quantitative estimate of drug-likeness (QED) is 0.553. The van der Waals surface area contributed by atoms with Gasteiger partial charge in [-0.1, -0.05) is 6.07 Å². The third kappa shape index (κ3) is 4.03. The molecule has 4 N–H and O–H groups in total. The van der Waals surface area contributed by atoms with Crippen molar-refractivity contribution in [3.05, 3.63) is 53.1 Å². The van der Waals surface area contributed by atoms with Gasteiger partial charge in [-0.3, -0.25) is 4.79 Å². The van der Waals surface area contributed by atoms with E-state index in [1.807, 2.05) is 6.92 Å². The standard InChI is InChI=1S/C16H16F2N4O2/c1-9-2-7-13(19)14(22-20)12(9)8-21-15(23)10-3-5-11(6-4-10)24-16(17)18/h2-7,16,20H,8,19H2,1H3,(H,21,23). The highest BCUT2D eigenvalue weighted by atomic mass is 19.3. The van der Waals surface area contributed by atoms with Gasteiger partial charge in [-0.15, -0.1) is 0 Å². The zero-order chi connectivity index (χ0) is 17.7. The molecule has 8 heteroatoms. The van der Waals surface area contributed by atoms with Crippen LogP contribution in [0.2, 0.25) is 0 Å². The van der Waals surface area contributed by atoms with Crippen molar-refractivity contribution in [3.8, 4) is 5.75 Å². The molecule has 24 heavy (non-hydrogen) atoms. The van der Waals surface area contributed by atoms with Crippen LogP contribution in [0, 0.1) is 12.5 Å². The van der Waals surface area contributed by atoms with Gasteiger partial charge >= 0.3 is 6.61 Å². The van der Waals surface area contributed by atoms with Crippen LogP contribution in [0.1, 0.15) is 21.5 Å². The van der Waals surface area contributed by atoms with E-state index in [1.54, 1.807) is 12.1 Å². The van der Waals surface area contributed by atoms with Crippen molar-refractivity contribution in [2.45, 2.75) is 20.1 Å². The number of ether oxygens (including phenoxy) is 1. The number of anilines is 1. The second-order valence-electron chi connectivity index (χ2n) is 5.00. The van der Waals surface area contributed by atoms with Gasteiger partial charge in [-0.25, -0.2) is 5.53 Å². The van der Waals surface area contributed by atoms with E-state index in [-0.39, 0.29) is 12.3 Å². The second-order valence-corrected chi connectivity index (χ2v) is 5.00. The molecule has 2 aromatic rings. The summed E-state index contributed by atoms with van der Waals surface area (Å²) >= 11 is 0. The average molecular weight is 334 g/mol. The summed E-state index contributed by atoms with van der Waals surface area (Å²) in [4.78, 5) is 12.1. The molecule has 0 aromatic heterocycles. The molecule has 0 atom stereocenters. The van der Waals surface area contributed by atoms with Crippen LogP contribution in [-0.2, 0) is 6.54 Å². The van der Waals surface area contributed by atoms with E-state index in [1.165, 1.54) is 24.3 Å². The fourth-order valence-corrected chi connectivity index (χ4v) is 2.17. The smallest absolute Gasteiger partial charge is 0.387 e. The van der Waals surface area contributed by atoms with Crippen molar-refractivity contribution < 1.29 is 18.3 Å². The lowest BCUT2D eigenvalue weighted by Gasteiger charge is -2.12. The van der Waals surface area contributed by atoms with Crippen LogP contribution in [-0.4, -0.2) is 12.5 Å². The highest BCUT2D eigenvalue weighted by Crippen LogP contribution is 2.29. The van der Waals surface area contributed by atoms with Gasteiger partial charge < -0.3 is 15.8 Å². The maximum atomic E-state index is 12.1. The molecule has 0 fully saturated rings. The second kappa shape index (κ2) is 7.49. The number of carbonyl (C=O) groups is 1. The fraction of sp³-hybridized carbons (Fsp3) is 0.188. The lowest BCUT2D eigenvalue weighted by molar-refractivity contribution is -0.0498. The Morgan fingerprint density at radius 3 is 2.54 bits per heavy atom. The van der Waals surface area contributed by atoms with Crippen molar-refractivity contribution in [2.24, 2.45) is 5.11 Å². The Balaban J connectivity index is 2.09. The SMILES string of the molecule is Cc1ccc(N)c(N=N)c1CNC(=O)c1ccc(OC(F)F)cc1. The third-order valence-electron chi connectivity index (χ3n) is 3.43. The van der Waals surface area contributed by atoms with Crippen molar-refractivity contribution >= 4 is 17.3 Å². The molecule has 0 bridgehead atoms. The Bertz CT molecular complexity index is 748. The summed E-state index contributed by atoms with van der Waals surface area (Å²) in [7, 11) is 0. The van der Waals surface area contributed by atoms with Crippen molar-refractivity contribution in [3.63, 3.8) is 0 Å². The third-order valence-corrected chi connectivity index (χ3v) is 3.43. The molecule has 0 aliphatic carbocycles. The maximum Gasteiger partial charge on any atom is 0.387 e. The molecule has 0 aliphatic rings. The van der Waals surface area contributed by atoms with Crippen molar-refractivity contribution in [1.29, 1.82) is 5.53 Å². The van der Waals surface area contributed by atoms with Crippen LogP contribution < -0.4 is 15.8 Å². The van der Waals surface area contributed by atoms with E-state index in [4.69, 9.17) is 11.3 Å². The van der Waals surface area contributed by atoms with E-state index in [0.29, 0.717) is 22.5 Å². The van der Waals surface area contributed by atoms with Crippen LogP contribution in [0.4, 0.5) is 20.2 Å². The van der Waals surface area contributed by atoms with Gasteiger partial charge in [0, 0.05) is 17.7 Å². The summed E-state index contributed by atoms with van der Waals surface area (Å²) in [6, 6.07) is 8.77. The molecular formula is C16H16F2N4O2. The summed E-state index contributed by atoms with van der Waals surface area (Å²) in [6.45, 7) is -0.947. The maximum absolute atomic E-state index is 12.1. The molecule has 126 valence electrons. The molecular weight excluding hydrogens is 318 g/mol. The van der Waals surface area contributed by atoms with Crippen LogP contribution in [0.15, 0.2) is 41.5 Å². The van der Waals surface area contributed by atoms with Gasteiger partial charge in [0.05, 0.1) is 5.69 Å². The van der Waals surface area contributed by atoms with E-state index < -0.39 is 12.5 Å². The number of nitrogen functional groups attached to an aromatic ring is 1. The molecule has 0 heterocycles. The first kappa shape index (κ1) is 17.3. The van der Waals surface area contributed by atoms with Gasteiger partial charge in [0.2, 0.25) is 0 Å². The lowest BCUT2D eigenvalue weighted by Crippen LogP contribution is -2.23. The van der Waals surface area contributed by atoms with Gasteiger partial charge in [0.1, 0.15) is 11.4 Å². The number of benzene rings is 2. The monoisotopic (exact) mass is 334 g/mol. The minimum absolute atomic E-state index is 0.0245. The molecule has 2 rings (SSSR count). The predicted octanol–water partition coefficient (Wildman–Crippen LogP) is 3.77. The summed E-state index contributed by atoms with van der Waals surface area (Å²) in [6.07, 6.45) is 0. The van der Waals surface area contributed by atoms with Gasteiger partial charge in [-0.05, 0) is 42.8 Å². The van der Waals surface area contributed by atoms with Gasteiger partial charge in [0.15, 0.2) is 0 Å². The summed E-state index contributed by atoms with van der Waals surface area (Å²) in [5, 5.41) is 6.10. The van der Waals surface area contributed by atoms with Crippen LogP contribution in [0.5, 0.6) is 5.75 Å². The van der Waals surface area contributed by atoms with Gasteiger partial charge in [-0.2, -0.15) is 13.9 Å². The molecule has 0 saturated heterocycles. The molecule has 0 aliphatic heterocycles. The average Bonchev–Trinajstić information content (AvgIpc) is 2.55. The first-order valence-corrected chi connectivity index (χ1v) is 7.01. The number of rotatable bonds is 6. The highest BCUT2D eigenvalue weighted by Gasteiger charge is 2.12. The number of hydrogen-bond donors (Lipinski definition) is 3. The Morgan fingerprint density at radius 2 is 1.96 bits per heavy atom. The zero-order valence-electron chi connectivity index (χ0n) is 12.8. The fourth-order valence-electron chi connectivity index (χ4n) is 2.17. The first-order valence-electron chi connectivity index (χ1n) is 7.01. The molecule has 6 nitrogen and oxygen atoms in total. The number of nitrogens with zero attached hydrogens (tertiary/aromatic N) is 1. The Morgan fingerprint density at radius 1 is 1.29 bits per heavy atom. The molecule has 0 unspecified atom stereocenters. The predicted molar refractivity (Wildman–Crippen MR) is 84.6 cm³/mol. The number of alkyl halides is 2. The van der Waals surface area contributed by atoms with Gasteiger partial charge in [0.25, 0.3) is 5.91 Å². The van der Waals surface area contributed by atoms with Crippen LogP contribution >= 0.6 is 0 Å². The zero-order valence-corrected chi connectivity index (χ0v) is 12.8. The summed E-state index contributed by atoms with van der Waals surface area (Å²) in [5.74, 6) is -0.417. The van der Waals surface area contributed by atoms with E-state index in [9.17, 15) is 13.6 Å². The minimum Gasteiger partial charge on any atom is -0.435 e. The number of amides is 1. The number of aryl methyl sites for hydroxylation is 1. The normalized spacial score (nSPS) is 10.5. The van der Waals surface area contributed by atoms with Crippen LogP contribution in [0.25, 0.3) is 0 Å². The van der Waals surface area contributed by atoms with E-state index in [2.05, 4.69) is 15.2 Å². The van der Waals surface area contributed by atoms with E-state index in [0.717, 1.165) is 5.56 Å². The summed E-state index contributed by atoms with van der Waals surface area (Å²) < 4.78 is 28.4. The molecule has 0 saturated carbocycles. The Kier molecular flexibility index (Phi) is 5.41. The lowest BCUT2D eigenvalue weighted by atomic mass is 10.0. The molecule has 0 radical (unpaired) electrons. The number of nitrogens with two attached hydrogens (primary N) is 1. The number of halogens is 2. The van der Waals surface area contributed by atoms with Crippen molar-refractivity contribution in [2.75, 3.05) is 5.73 Å². The molecule has 2 aromatic carbocycles. The number of hydrogen-bond acceptors (Lipinski definition) is 5. The molecule has 1 amide bonds. The summed E-state index contributed by atoms with van der Waals surface area (Å²) in [5.41, 5.74) is 15.4. The topological polar surface area (TPSA) is 101 Å². The number of nitrogens with one attached hydrogen (secondary N) is 2.